The zero-order valence-corrected chi connectivity index (χ0v) is 13.0. The van der Waals surface area contributed by atoms with Crippen molar-refractivity contribution in [3.05, 3.63) is 53.3 Å². The predicted octanol–water partition coefficient (Wildman–Crippen LogP) is 3.26. The molecule has 1 aromatic carbocycles. The van der Waals surface area contributed by atoms with Crippen molar-refractivity contribution in [2.45, 2.75) is 26.5 Å². The van der Waals surface area contributed by atoms with Crippen molar-refractivity contribution in [2.75, 3.05) is 14.2 Å². The van der Waals surface area contributed by atoms with E-state index in [4.69, 9.17) is 9.47 Å². The van der Waals surface area contributed by atoms with Crippen LogP contribution in [0.4, 0.5) is 0 Å². The summed E-state index contributed by atoms with van der Waals surface area (Å²) in [6.45, 7) is 4.48. The normalized spacial score (nSPS) is 12.0. The Morgan fingerprint density at radius 3 is 2.71 bits per heavy atom. The van der Waals surface area contributed by atoms with E-state index >= 15 is 0 Å². The van der Waals surface area contributed by atoms with Crippen LogP contribution in [-0.4, -0.2) is 19.1 Å². The molecular weight excluding hydrogens is 264 g/mol. The van der Waals surface area contributed by atoms with E-state index in [1.165, 1.54) is 0 Å². The largest absolute Gasteiger partial charge is 0.497 e. The van der Waals surface area contributed by atoms with Gasteiger partial charge in [0.2, 0.25) is 0 Å². The second kappa shape index (κ2) is 7.09. The van der Waals surface area contributed by atoms with Gasteiger partial charge >= 0.3 is 0 Å². The molecule has 112 valence electrons. The van der Waals surface area contributed by atoms with Crippen LogP contribution in [0.25, 0.3) is 0 Å². The van der Waals surface area contributed by atoms with Gasteiger partial charge in [-0.2, -0.15) is 0 Å². The van der Waals surface area contributed by atoms with Crippen LogP contribution < -0.4 is 14.8 Å². The van der Waals surface area contributed by atoms with Crippen LogP contribution in [0, 0.1) is 6.92 Å². The topological polar surface area (TPSA) is 43.4 Å². The van der Waals surface area contributed by atoms with Crippen molar-refractivity contribution in [2.24, 2.45) is 0 Å². The summed E-state index contributed by atoms with van der Waals surface area (Å²) in [6.07, 6.45) is 0. The summed E-state index contributed by atoms with van der Waals surface area (Å²) < 4.78 is 11.2. The van der Waals surface area contributed by atoms with Crippen molar-refractivity contribution in [1.29, 1.82) is 0 Å². The Kier molecular flexibility index (Phi) is 5.17. The van der Waals surface area contributed by atoms with E-state index < -0.39 is 0 Å². The Morgan fingerprint density at radius 2 is 2.00 bits per heavy atom. The number of rotatable bonds is 6. The maximum absolute atomic E-state index is 5.94. The van der Waals surface area contributed by atoms with E-state index in [1.807, 2.05) is 44.3 Å². The molecule has 1 heterocycles. The molecule has 0 spiro atoms. The van der Waals surface area contributed by atoms with Crippen LogP contribution in [0.3, 0.4) is 0 Å². The molecule has 4 heteroatoms. The summed E-state index contributed by atoms with van der Waals surface area (Å²) in [5.41, 5.74) is 2.92. The molecule has 1 unspecified atom stereocenters. The summed E-state index contributed by atoms with van der Waals surface area (Å²) in [6, 6.07) is 12.1. The van der Waals surface area contributed by atoms with E-state index in [1.54, 1.807) is 7.11 Å². The van der Waals surface area contributed by atoms with Crippen LogP contribution in [-0.2, 0) is 6.61 Å². The molecule has 0 aliphatic carbocycles. The first kappa shape index (κ1) is 15.3. The zero-order chi connectivity index (χ0) is 15.2. The van der Waals surface area contributed by atoms with Crippen LogP contribution in [0.2, 0.25) is 0 Å². The molecule has 0 aliphatic rings. The first-order chi connectivity index (χ1) is 10.1. The number of nitrogens with one attached hydrogen (secondary N) is 1. The maximum Gasteiger partial charge on any atom is 0.130 e. The van der Waals surface area contributed by atoms with Gasteiger partial charge in [0.1, 0.15) is 18.1 Å². The van der Waals surface area contributed by atoms with Crippen LogP contribution in [0.1, 0.15) is 29.9 Å². The standard InChI is InChI=1S/C17H22N2O2/c1-12-9-15(20-4)10-14(19-12)11-21-17-8-6-5-7-16(17)13(2)18-3/h5-10,13,18H,11H2,1-4H3. The Labute approximate surface area is 126 Å². The SMILES string of the molecule is CNC(C)c1ccccc1OCc1cc(OC)cc(C)n1. The second-order valence-electron chi connectivity index (χ2n) is 4.98. The Hall–Kier alpha value is -2.07. The molecule has 21 heavy (non-hydrogen) atoms. The molecule has 0 fully saturated rings. The van der Waals surface area contributed by atoms with E-state index in [0.717, 1.165) is 28.5 Å². The zero-order valence-electron chi connectivity index (χ0n) is 13.0. The van der Waals surface area contributed by atoms with Gasteiger partial charge in [-0.3, -0.25) is 4.98 Å². The van der Waals surface area contributed by atoms with E-state index in [0.29, 0.717) is 6.61 Å². The lowest BCUT2D eigenvalue weighted by Crippen LogP contribution is -2.13. The number of nitrogens with zero attached hydrogens (tertiary/aromatic N) is 1. The maximum atomic E-state index is 5.94. The monoisotopic (exact) mass is 286 g/mol. The highest BCUT2D eigenvalue weighted by Gasteiger charge is 2.10. The predicted molar refractivity (Wildman–Crippen MR) is 83.8 cm³/mol. The molecule has 1 aromatic heterocycles. The molecular formula is C17H22N2O2. The molecule has 0 saturated carbocycles. The third-order valence-electron chi connectivity index (χ3n) is 3.41. The minimum atomic E-state index is 0.237. The number of benzene rings is 1. The second-order valence-corrected chi connectivity index (χ2v) is 4.98. The molecule has 1 atom stereocenters. The molecule has 0 amide bonds. The van der Waals surface area contributed by atoms with Crippen molar-refractivity contribution < 1.29 is 9.47 Å². The molecule has 2 aromatic rings. The number of aryl methyl sites for hydroxylation is 1. The average molecular weight is 286 g/mol. The minimum absolute atomic E-state index is 0.237. The Bertz CT molecular complexity index is 599. The number of methoxy groups -OCH3 is 1. The van der Waals surface area contributed by atoms with E-state index in [2.05, 4.69) is 23.3 Å². The third kappa shape index (κ3) is 3.95. The summed E-state index contributed by atoms with van der Waals surface area (Å²) in [5, 5.41) is 3.23. The highest BCUT2D eigenvalue weighted by Crippen LogP contribution is 2.25. The van der Waals surface area contributed by atoms with Gasteiger partial charge in [-0.15, -0.1) is 0 Å². The molecule has 4 nitrogen and oxygen atoms in total. The number of pyridine rings is 1. The van der Waals surface area contributed by atoms with Gasteiger partial charge in [-0.25, -0.2) is 0 Å². The lowest BCUT2D eigenvalue weighted by molar-refractivity contribution is 0.294. The molecule has 0 radical (unpaired) electrons. The summed E-state index contributed by atoms with van der Waals surface area (Å²) in [4.78, 5) is 4.47. The third-order valence-corrected chi connectivity index (χ3v) is 3.41. The van der Waals surface area contributed by atoms with Gasteiger partial charge < -0.3 is 14.8 Å². The van der Waals surface area contributed by atoms with E-state index in [9.17, 15) is 0 Å². The van der Waals surface area contributed by atoms with Gasteiger partial charge in [0.15, 0.2) is 0 Å². The molecule has 2 rings (SSSR count). The van der Waals surface area contributed by atoms with Crippen molar-refractivity contribution in [3.8, 4) is 11.5 Å². The van der Waals surface area contributed by atoms with Crippen LogP contribution in [0.5, 0.6) is 11.5 Å². The first-order valence-corrected chi connectivity index (χ1v) is 7.04. The number of hydrogen-bond donors (Lipinski definition) is 1. The van der Waals surface area contributed by atoms with E-state index in [-0.39, 0.29) is 6.04 Å². The number of hydrogen-bond acceptors (Lipinski definition) is 4. The van der Waals surface area contributed by atoms with Gasteiger partial charge in [0.05, 0.1) is 12.8 Å². The summed E-state index contributed by atoms with van der Waals surface area (Å²) in [5.74, 6) is 1.68. The van der Waals surface area contributed by atoms with Gasteiger partial charge in [0.25, 0.3) is 0 Å². The highest BCUT2D eigenvalue weighted by molar-refractivity contribution is 5.36. The van der Waals surface area contributed by atoms with Crippen molar-refractivity contribution in [1.82, 2.24) is 10.3 Å². The molecule has 0 bridgehead atoms. The smallest absolute Gasteiger partial charge is 0.130 e. The highest BCUT2D eigenvalue weighted by atomic mass is 16.5. The lowest BCUT2D eigenvalue weighted by Gasteiger charge is -2.16. The summed E-state index contributed by atoms with van der Waals surface area (Å²) >= 11 is 0. The fourth-order valence-electron chi connectivity index (χ4n) is 2.17. The van der Waals surface area contributed by atoms with Crippen molar-refractivity contribution >= 4 is 0 Å². The first-order valence-electron chi connectivity index (χ1n) is 7.04. The van der Waals surface area contributed by atoms with Gasteiger partial charge in [0, 0.05) is 29.4 Å². The van der Waals surface area contributed by atoms with Crippen molar-refractivity contribution in [3.63, 3.8) is 0 Å². The quantitative estimate of drug-likeness (QED) is 0.885. The molecule has 0 aliphatic heterocycles. The molecule has 0 saturated heterocycles. The minimum Gasteiger partial charge on any atom is -0.497 e. The Balaban J connectivity index is 2.15. The summed E-state index contributed by atoms with van der Waals surface area (Å²) in [7, 11) is 3.59. The van der Waals surface area contributed by atoms with Gasteiger partial charge in [-0.1, -0.05) is 18.2 Å². The fourth-order valence-corrected chi connectivity index (χ4v) is 2.17. The average Bonchev–Trinajstić information content (AvgIpc) is 2.51. The number of para-hydroxylation sites is 1. The molecule has 1 N–H and O–H groups in total. The van der Waals surface area contributed by atoms with Crippen LogP contribution in [0.15, 0.2) is 36.4 Å². The van der Waals surface area contributed by atoms with Gasteiger partial charge in [-0.05, 0) is 27.0 Å². The lowest BCUT2D eigenvalue weighted by atomic mass is 10.1. The fraction of sp³-hybridized carbons (Fsp3) is 0.353. The number of ether oxygens (including phenoxy) is 2. The Morgan fingerprint density at radius 1 is 1.24 bits per heavy atom. The number of aromatic nitrogens is 1. The van der Waals surface area contributed by atoms with Crippen LogP contribution >= 0.6 is 0 Å².